The third kappa shape index (κ3) is 2.18. The summed E-state index contributed by atoms with van der Waals surface area (Å²) in [5.74, 6) is -2.73. The smallest absolute Gasteiger partial charge is 0.321 e. The van der Waals surface area contributed by atoms with Crippen molar-refractivity contribution in [3.63, 3.8) is 0 Å². The van der Waals surface area contributed by atoms with Crippen LogP contribution in [0.1, 0.15) is 12.8 Å². The first kappa shape index (κ1) is 13.5. The molecule has 0 atom stereocenters. The van der Waals surface area contributed by atoms with Gasteiger partial charge in [-0.3, -0.25) is 9.59 Å². The highest BCUT2D eigenvalue weighted by Gasteiger charge is 2.59. The van der Waals surface area contributed by atoms with E-state index in [0.717, 1.165) is 17.0 Å². The number of esters is 1. The molecule has 19 heavy (non-hydrogen) atoms. The standard InChI is InChI=1S/C13H13F2NO3/c1-16(10-4-3-8(14)7-9(10)15)11(17)13(5-6-13)12(18)19-2/h3-4,7H,5-6H2,1-2H3. The predicted molar refractivity (Wildman–Crippen MR) is 63.5 cm³/mol. The molecular formula is C13H13F2NO3. The van der Waals surface area contributed by atoms with E-state index in [1.807, 2.05) is 0 Å². The van der Waals surface area contributed by atoms with Crippen LogP contribution in [0.15, 0.2) is 18.2 Å². The van der Waals surface area contributed by atoms with Gasteiger partial charge in [0.1, 0.15) is 17.0 Å². The first-order valence-corrected chi connectivity index (χ1v) is 5.74. The Bertz CT molecular complexity index is 541. The van der Waals surface area contributed by atoms with Gasteiger partial charge in [-0.05, 0) is 25.0 Å². The number of benzene rings is 1. The zero-order chi connectivity index (χ0) is 14.2. The van der Waals surface area contributed by atoms with Crippen molar-refractivity contribution >= 4 is 17.6 Å². The number of amides is 1. The summed E-state index contributed by atoms with van der Waals surface area (Å²) in [4.78, 5) is 24.8. The van der Waals surface area contributed by atoms with Crippen LogP contribution in [0.5, 0.6) is 0 Å². The zero-order valence-corrected chi connectivity index (χ0v) is 10.6. The highest BCUT2D eigenvalue weighted by atomic mass is 19.1. The van der Waals surface area contributed by atoms with Crippen LogP contribution in [0.25, 0.3) is 0 Å². The van der Waals surface area contributed by atoms with Crippen molar-refractivity contribution in [2.45, 2.75) is 12.8 Å². The molecule has 1 aromatic carbocycles. The second kappa shape index (κ2) is 4.60. The van der Waals surface area contributed by atoms with Crippen molar-refractivity contribution in [3.8, 4) is 0 Å². The summed E-state index contributed by atoms with van der Waals surface area (Å²) in [6, 6.07) is 2.91. The fourth-order valence-electron chi connectivity index (χ4n) is 2.01. The largest absolute Gasteiger partial charge is 0.468 e. The molecule has 1 aliphatic rings. The number of anilines is 1. The fraction of sp³-hybridized carbons (Fsp3) is 0.385. The van der Waals surface area contributed by atoms with Crippen molar-refractivity contribution in [2.75, 3.05) is 19.1 Å². The molecule has 0 unspecified atom stereocenters. The molecule has 0 bridgehead atoms. The lowest BCUT2D eigenvalue weighted by atomic mass is 10.1. The summed E-state index contributed by atoms with van der Waals surface area (Å²) >= 11 is 0. The van der Waals surface area contributed by atoms with Crippen LogP contribution in [-0.4, -0.2) is 26.0 Å². The molecule has 2 rings (SSSR count). The molecule has 0 heterocycles. The molecule has 0 aliphatic heterocycles. The van der Waals surface area contributed by atoms with E-state index in [4.69, 9.17) is 0 Å². The van der Waals surface area contributed by atoms with Crippen LogP contribution >= 0.6 is 0 Å². The van der Waals surface area contributed by atoms with E-state index in [1.165, 1.54) is 14.2 Å². The molecule has 0 aromatic heterocycles. The molecule has 4 nitrogen and oxygen atoms in total. The van der Waals surface area contributed by atoms with Gasteiger partial charge >= 0.3 is 5.97 Å². The van der Waals surface area contributed by atoms with Gasteiger partial charge in [0, 0.05) is 13.1 Å². The molecule has 0 radical (unpaired) electrons. The highest BCUT2D eigenvalue weighted by molar-refractivity contribution is 6.12. The van der Waals surface area contributed by atoms with Crippen molar-refractivity contribution in [1.29, 1.82) is 0 Å². The maximum Gasteiger partial charge on any atom is 0.321 e. The van der Waals surface area contributed by atoms with Crippen LogP contribution in [-0.2, 0) is 14.3 Å². The fourth-order valence-corrected chi connectivity index (χ4v) is 2.01. The Balaban J connectivity index is 2.27. The van der Waals surface area contributed by atoms with Gasteiger partial charge in [-0.15, -0.1) is 0 Å². The lowest BCUT2D eigenvalue weighted by molar-refractivity contribution is -0.151. The maximum absolute atomic E-state index is 13.6. The Kier molecular flexibility index (Phi) is 3.26. The van der Waals surface area contributed by atoms with Crippen molar-refractivity contribution in [3.05, 3.63) is 29.8 Å². The van der Waals surface area contributed by atoms with E-state index < -0.39 is 28.9 Å². The van der Waals surface area contributed by atoms with Gasteiger partial charge in [-0.2, -0.15) is 0 Å². The normalized spacial score (nSPS) is 15.8. The summed E-state index contributed by atoms with van der Waals surface area (Å²) in [6.07, 6.45) is 0.761. The van der Waals surface area contributed by atoms with Crippen molar-refractivity contribution in [1.82, 2.24) is 0 Å². The minimum absolute atomic E-state index is 0.0680. The number of hydrogen-bond acceptors (Lipinski definition) is 3. The number of nitrogens with zero attached hydrogens (tertiary/aromatic N) is 1. The van der Waals surface area contributed by atoms with E-state index in [0.29, 0.717) is 18.9 Å². The number of ether oxygens (including phenoxy) is 1. The average Bonchev–Trinajstić information content (AvgIpc) is 3.17. The molecule has 1 fully saturated rings. The summed E-state index contributed by atoms with van der Waals surface area (Å²) in [7, 11) is 2.55. The maximum atomic E-state index is 13.6. The number of carbonyl (C=O) groups excluding carboxylic acids is 2. The van der Waals surface area contributed by atoms with E-state index in [1.54, 1.807) is 0 Å². The van der Waals surface area contributed by atoms with Crippen LogP contribution in [0, 0.1) is 17.0 Å². The number of halogens is 2. The van der Waals surface area contributed by atoms with E-state index in [2.05, 4.69) is 4.74 Å². The first-order chi connectivity index (χ1) is 8.92. The van der Waals surface area contributed by atoms with E-state index in [9.17, 15) is 18.4 Å². The van der Waals surface area contributed by atoms with E-state index >= 15 is 0 Å². The molecular weight excluding hydrogens is 256 g/mol. The quantitative estimate of drug-likeness (QED) is 0.621. The van der Waals surface area contributed by atoms with Gasteiger partial charge < -0.3 is 9.64 Å². The Morgan fingerprint density at radius 3 is 2.42 bits per heavy atom. The van der Waals surface area contributed by atoms with Gasteiger partial charge in [-0.1, -0.05) is 0 Å². The molecule has 1 aromatic rings. The Morgan fingerprint density at radius 1 is 1.32 bits per heavy atom. The number of rotatable bonds is 3. The molecule has 0 saturated heterocycles. The lowest BCUT2D eigenvalue weighted by Gasteiger charge is -2.22. The molecule has 6 heteroatoms. The summed E-state index contributed by atoms with van der Waals surface area (Å²) in [6.45, 7) is 0. The minimum Gasteiger partial charge on any atom is -0.468 e. The molecule has 1 aliphatic carbocycles. The van der Waals surface area contributed by atoms with Gasteiger partial charge in [0.25, 0.3) is 0 Å². The molecule has 0 N–H and O–H groups in total. The Hall–Kier alpha value is -1.98. The third-order valence-corrected chi connectivity index (χ3v) is 3.31. The van der Waals surface area contributed by atoms with E-state index in [-0.39, 0.29) is 5.69 Å². The van der Waals surface area contributed by atoms with Crippen LogP contribution in [0.4, 0.5) is 14.5 Å². The molecule has 0 spiro atoms. The van der Waals surface area contributed by atoms with Gasteiger partial charge in [0.15, 0.2) is 0 Å². The monoisotopic (exact) mass is 269 g/mol. The summed E-state index contributed by atoms with van der Waals surface area (Å²) < 4.78 is 31.0. The summed E-state index contributed by atoms with van der Waals surface area (Å²) in [5.41, 5.74) is -1.27. The predicted octanol–water partition coefficient (Wildman–Crippen LogP) is 1.88. The molecule has 102 valence electrons. The average molecular weight is 269 g/mol. The number of hydrogen-bond donors (Lipinski definition) is 0. The Labute approximate surface area is 109 Å². The minimum atomic E-state index is -1.20. The van der Waals surface area contributed by atoms with Gasteiger partial charge in [0.2, 0.25) is 5.91 Å². The SMILES string of the molecule is COC(=O)C1(C(=O)N(C)c2ccc(F)cc2F)CC1. The zero-order valence-electron chi connectivity index (χ0n) is 10.6. The van der Waals surface area contributed by atoms with Crippen LogP contribution < -0.4 is 4.90 Å². The van der Waals surface area contributed by atoms with Crippen molar-refractivity contribution < 1.29 is 23.1 Å². The lowest BCUT2D eigenvalue weighted by Crippen LogP contribution is -2.39. The number of carbonyl (C=O) groups is 2. The third-order valence-electron chi connectivity index (χ3n) is 3.31. The van der Waals surface area contributed by atoms with Crippen LogP contribution in [0.2, 0.25) is 0 Å². The van der Waals surface area contributed by atoms with Gasteiger partial charge in [0.05, 0.1) is 12.8 Å². The topological polar surface area (TPSA) is 46.6 Å². The molecule has 1 saturated carbocycles. The van der Waals surface area contributed by atoms with Crippen LogP contribution in [0.3, 0.4) is 0 Å². The first-order valence-electron chi connectivity index (χ1n) is 5.74. The highest BCUT2D eigenvalue weighted by Crippen LogP contribution is 2.48. The second-order valence-corrected chi connectivity index (χ2v) is 4.53. The Morgan fingerprint density at radius 2 is 1.95 bits per heavy atom. The van der Waals surface area contributed by atoms with Gasteiger partial charge in [-0.25, -0.2) is 8.78 Å². The second-order valence-electron chi connectivity index (χ2n) is 4.53. The number of methoxy groups -OCH3 is 1. The molecule has 1 amide bonds. The van der Waals surface area contributed by atoms with Crippen molar-refractivity contribution in [2.24, 2.45) is 5.41 Å². The summed E-state index contributed by atoms with van der Waals surface area (Å²) in [5, 5.41) is 0.